The van der Waals surface area contributed by atoms with Crippen LogP contribution in [0.1, 0.15) is 12.0 Å². The molecule has 1 amide bonds. The van der Waals surface area contributed by atoms with E-state index in [0.717, 1.165) is 25.1 Å². The van der Waals surface area contributed by atoms with Crippen LogP contribution in [0.5, 0.6) is 0 Å². The van der Waals surface area contributed by atoms with Gasteiger partial charge in [-0.25, -0.2) is 0 Å². The summed E-state index contributed by atoms with van der Waals surface area (Å²) in [6.45, 7) is 1.62. The summed E-state index contributed by atoms with van der Waals surface area (Å²) < 4.78 is 0. The average Bonchev–Trinajstić information content (AvgIpc) is 2.93. The smallest absolute Gasteiger partial charge is 0.224 e. The Hall–Kier alpha value is -1.39. The van der Waals surface area contributed by atoms with Crippen molar-refractivity contribution in [2.24, 2.45) is 5.92 Å². The standard InChI is InChI=1S/C14H20N2O2/c17-10-13(8-11-4-2-1-3-5-11)16-14(18)12-6-7-15-9-12/h1-5,12-13,15,17H,6-10H2,(H,16,18). The quantitative estimate of drug-likeness (QED) is 0.703. The van der Waals surface area contributed by atoms with E-state index in [9.17, 15) is 9.90 Å². The first-order chi connectivity index (χ1) is 8.79. The summed E-state index contributed by atoms with van der Waals surface area (Å²) in [5.41, 5.74) is 1.13. The summed E-state index contributed by atoms with van der Waals surface area (Å²) in [6.07, 6.45) is 1.55. The Morgan fingerprint density at radius 2 is 2.22 bits per heavy atom. The number of benzene rings is 1. The zero-order valence-electron chi connectivity index (χ0n) is 10.4. The number of hydrogen-bond acceptors (Lipinski definition) is 3. The summed E-state index contributed by atoms with van der Waals surface area (Å²) in [6, 6.07) is 9.71. The first-order valence-corrected chi connectivity index (χ1v) is 6.45. The predicted molar refractivity (Wildman–Crippen MR) is 70.1 cm³/mol. The second-order valence-corrected chi connectivity index (χ2v) is 4.77. The molecule has 4 nitrogen and oxygen atoms in total. The van der Waals surface area contributed by atoms with Crippen LogP contribution in [0.15, 0.2) is 30.3 Å². The summed E-state index contributed by atoms with van der Waals surface area (Å²) in [5, 5.41) is 15.4. The van der Waals surface area contributed by atoms with E-state index in [-0.39, 0.29) is 24.5 Å². The van der Waals surface area contributed by atoms with Crippen molar-refractivity contribution < 1.29 is 9.90 Å². The van der Waals surface area contributed by atoms with Crippen molar-refractivity contribution in [3.05, 3.63) is 35.9 Å². The van der Waals surface area contributed by atoms with E-state index >= 15 is 0 Å². The second-order valence-electron chi connectivity index (χ2n) is 4.77. The van der Waals surface area contributed by atoms with Gasteiger partial charge in [0.15, 0.2) is 0 Å². The van der Waals surface area contributed by atoms with E-state index in [2.05, 4.69) is 10.6 Å². The van der Waals surface area contributed by atoms with Gasteiger partial charge in [-0.15, -0.1) is 0 Å². The number of carbonyl (C=O) groups excluding carboxylic acids is 1. The lowest BCUT2D eigenvalue weighted by Crippen LogP contribution is -2.42. The Balaban J connectivity index is 1.87. The van der Waals surface area contributed by atoms with E-state index < -0.39 is 0 Å². The molecule has 1 aromatic carbocycles. The van der Waals surface area contributed by atoms with Crippen LogP contribution in [0.4, 0.5) is 0 Å². The van der Waals surface area contributed by atoms with Crippen LogP contribution in [-0.4, -0.2) is 36.8 Å². The lowest BCUT2D eigenvalue weighted by molar-refractivity contribution is -0.125. The molecule has 1 aliphatic rings. The molecule has 0 radical (unpaired) electrons. The van der Waals surface area contributed by atoms with E-state index in [1.165, 1.54) is 0 Å². The van der Waals surface area contributed by atoms with Crippen LogP contribution >= 0.6 is 0 Å². The summed E-state index contributed by atoms with van der Waals surface area (Å²) in [7, 11) is 0. The van der Waals surface area contributed by atoms with E-state index in [0.29, 0.717) is 6.42 Å². The van der Waals surface area contributed by atoms with Gasteiger partial charge in [0.2, 0.25) is 5.91 Å². The molecule has 2 unspecified atom stereocenters. The number of carbonyl (C=O) groups is 1. The molecule has 1 fully saturated rings. The highest BCUT2D eigenvalue weighted by Crippen LogP contribution is 2.09. The molecule has 1 heterocycles. The van der Waals surface area contributed by atoms with Crippen LogP contribution in [0.3, 0.4) is 0 Å². The van der Waals surface area contributed by atoms with E-state index in [4.69, 9.17) is 0 Å². The maximum atomic E-state index is 11.9. The molecule has 0 spiro atoms. The zero-order valence-corrected chi connectivity index (χ0v) is 10.4. The van der Waals surface area contributed by atoms with Gasteiger partial charge < -0.3 is 15.7 Å². The van der Waals surface area contributed by atoms with Gasteiger partial charge in [0.05, 0.1) is 18.6 Å². The normalized spacial score (nSPS) is 20.6. The Bertz CT molecular complexity index is 375. The largest absolute Gasteiger partial charge is 0.394 e. The first-order valence-electron chi connectivity index (χ1n) is 6.45. The van der Waals surface area contributed by atoms with Gasteiger partial charge in [-0.05, 0) is 24.9 Å². The number of rotatable bonds is 5. The minimum atomic E-state index is -0.194. The highest BCUT2D eigenvalue weighted by atomic mass is 16.3. The Kier molecular flexibility index (Phi) is 4.73. The fourth-order valence-electron chi connectivity index (χ4n) is 2.26. The Morgan fingerprint density at radius 3 is 2.83 bits per heavy atom. The molecule has 4 heteroatoms. The number of aliphatic hydroxyl groups excluding tert-OH is 1. The molecule has 0 aliphatic carbocycles. The minimum Gasteiger partial charge on any atom is -0.394 e. The molecule has 3 N–H and O–H groups in total. The van der Waals surface area contributed by atoms with Crippen molar-refractivity contribution >= 4 is 5.91 Å². The molecular formula is C14H20N2O2. The van der Waals surface area contributed by atoms with Gasteiger partial charge >= 0.3 is 0 Å². The van der Waals surface area contributed by atoms with E-state index in [1.54, 1.807) is 0 Å². The van der Waals surface area contributed by atoms with Crippen molar-refractivity contribution in [2.75, 3.05) is 19.7 Å². The van der Waals surface area contributed by atoms with E-state index in [1.807, 2.05) is 30.3 Å². The lowest BCUT2D eigenvalue weighted by atomic mass is 10.0. The maximum absolute atomic E-state index is 11.9. The number of nitrogens with one attached hydrogen (secondary N) is 2. The monoisotopic (exact) mass is 248 g/mol. The molecule has 0 aromatic heterocycles. The van der Waals surface area contributed by atoms with Gasteiger partial charge in [-0.1, -0.05) is 30.3 Å². The lowest BCUT2D eigenvalue weighted by Gasteiger charge is -2.18. The molecule has 98 valence electrons. The SMILES string of the molecule is O=C(NC(CO)Cc1ccccc1)C1CCNC1. The van der Waals surface area contributed by atoms with Crippen LogP contribution in [0, 0.1) is 5.92 Å². The van der Waals surface area contributed by atoms with Gasteiger partial charge in [0, 0.05) is 6.54 Å². The Morgan fingerprint density at radius 1 is 1.44 bits per heavy atom. The van der Waals surface area contributed by atoms with Gasteiger partial charge in [0.1, 0.15) is 0 Å². The summed E-state index contributed by atoms with van der Waals surface area (Å²) in [5.74, 6) is 0.102. The van der Waals surface area contributed by atoms with Crippen molar-refractivity contribution in [2.45, 2.75) is 18.9 Å². The summed E-state index contributed by atoms with van der Waals surface area (Å²) in [4.78, 5) is 11.9. The first kappa shape index (κ1) is 13.1. The number of hydrogen-bond donors (Lipinski definition) is 3. The highest BCUT2D eigenvalue weighted by molar-refractivity contribution is 5.79. The van der Waals surface area contributed by atoms with Crippen LogP contribution in [0.2, 0.25) is 0 Å². The third-order valence-corrected chi connectivity index (χ3v) is 3.32. The molecule has 1 saturated heterocycles. The zero-order chi connectivity index (χ0) is 12.8. The maximum Gasteiger partial charge on any atom is 0.224 e. The molecule has 2 rings (SSSR count). The average molecular weight is 248 g/mol. The van der Waals surface area contributed by atoms with Gasteiger partial charge in [0.25, 0.3) is 0 Å². The third-order valence-electron chi connectivity index (χ3n) is 3.32. The van der Waals surface area contributed by atoms with Crippen molar-refractivity contribution in [1.82, 2.24) is 10.6 Å². The van der Waals surface area contributed by atoms with Gasteiger partial charge in [-0.2, -0.15) is 0 Å². The Labute approximate surface area is 107 Å². The minimum absolute atomic E-state index is 0.0270. The predicted octanol–water partition coefficient (Wildman–Crippen LogP) is 0.316. The molecule has 2 atom stereocenters. The topological polar surface area (TPSA) is 61.4 Å². The van der Waals surface area contributed by atoms with Crippen molar-refractivity contribution in [1.29, 1.82) is 0 Å². The van der Waals surface area contributed by atoms with Crippen molar-refractivity contribution in [3.8, 4) is 0 Å². The second kappa shape index (κ2) is 6.52. The van der Waals surface area contributed by atoms with Crippen LogP contribution in [0.25, 0.3) is 0 Å². The molecule has 0 saturated carbocycles. The molecule has 1 aromatic rings. The molecular weight excluding hydrogens is 228 g/mol. The van der Waals surface area contributed by atoms with Crippen molar-refractivity contribution in [3.63, 3.8) is 0 Å². The molecule has 18 heavy (non-hydrogen) atoms. The fourth-order valence-corrected chi connectivity index (χ4v) is 2.26. The van der Waals surface area contributed by atoms with Crippen LogP contribution < -0.4 is 10.6 Å². The summed E-state index contributed by atoms with van der Waals surface area (Å²) >= 11 is 0. The van der Waals surface area contributed by atoms with Gasteiger partial charge in [-0.3, -0.25) is 4.79 Å². The third kappa shape index (κ3) is 3.55. The fraction of sp³-hybridized carbons (Fsp3) is 0.500. The molecule has 1 aliphatic heterocycles. The molecule has 0 bridgehead atoms. The van der Waals surface area contributed by atoms with Crippen LogP contribution in [-0.2, 0) is 11.2 Å². The highest BCUT2D eigenvalue weighted by Gasteiger charge is 2.24. The number of amides is 1. The number of aliphatic hydroxyl groups is 1.